The molecular formula is C16H31N3O4. The summed E-state index contributed by atoms with van der Waals surface area (Å²) in [5.74, 6) is -2.14. The zero-order chi connectivity index (χ0) is 18.6. The van der Waals surface area contributed by atoms with Gasteiger partial charge >= 0.3 is 5.97 Å². The van der Waals surface area contributed by atoms with E-state index in [-0.39, 0.29) is 22.8 Å². The smallest absolute Gasteiger partial charge is 0.305 e. The monoisotopic (exact) mass is 329 g/mol. The predicted molar refractivity (Wildman–Crippen MR) is 88.7 cm³/mol. The largest absolute Gasteiger partial charge is 0.481 e. The lowest BCUT2D eigenvalue weighted by Gasteiger charge is -2.41. The maximum Gasteiger partial charge on any atom is 0.305 e. The van der Waals surface area contributed by atoms with Crippen LogP contribution in [0.1, 0.15) is 54.9 Å². The molecule has 0 aromatic carbocycles. The van der Waals surface area contributed by atoms with Crippen molar-refractivity contribution in [2.45, 2.75) is 73.0 Å². The van der Waals surface area contributed by atoms with E-state index in [9.17, 15) is 14.4 Å². The second-order valence-electron chi connectivity index (χ2n) is 8.11. The first-order chi connectivity index (χ1) is 10.2. The van der Waals surface area contributed by atoms with Gasteiger partial charge in [0.25, 0.3) is 0 Å². The Balaban J connectivity index is 4.83. The van der Waals surface area contributed by atoms with Crippen LogP contribution < -0.4 is 16.4 Å². The fraction of sp³-hybridized carbons (Fsp3) is 0.812. The van der Waals surface area contributed by atoms with E-state index in [0.717, 1.165) is 0 Å². The highest BCUT2D eigenvalue weighted by Gasteiger charge is 2.37. The van der Waals surface area contributed by atoms with Gasteiger partial charge in [-0.15, -0.1) is 0 Å². The minimum absolute atomic E-state index is 0.102. The highest BCUT2D eigenvalue weighted by molar-refractivity contribution is 5.91. The van der Waals surface area contributed by atoms with Crippen molar-refractivity contribution in [2.24, 2.45) is 16.6 Å². The topological polar surface area (TPSA) is 122 Å². The lowest BCUT2D eigenvalue weighted by molar-refractivity contribution is -0.139. The average molecular weight is 329 g/mol. The maximum absolute atomic E-state index is 12.3. The van der Waals surface area contributed by atoms with Gasteiger partial charge in [-0.2, -0.15) is 0 Å². The molecule has 0 heterocycles. The van der Waals surface area contributed by atoms with Gasteiger partial charge in [-0.05, 0) is 17.8 Å². The Labute approximate surface area is 138 Å². The van der Waals surface area contributed by atoms with E-state index in [2.05, 4.69) is 10.6 Å². The molecule has 0 saturated carbocycles. The Bertz CT molecular complexity index is 435. The summed E-state index contributed by atoms with van der Waals surface area (Å²) in [4.78, 5) is 34.7. The Kier molecular flexibility index (Phi) is 7.22. The van der Waals surface area contributed by atoms with Crippen LogP contribution in [0.4, 0.5) is 0 Å². The van der Waals surface area contributed by atoms with E-state index in [1.807, 2.05) is 41.5 Å². The van der Waals surface area contributed by atoms with Crippen LogP contribution in [0, 0.1) is 10.8 Å². The van der Waals surface area contributed by atoms with Gasteiger partial charge in [-0.25, -0.2) is 0 Å². The number of aliphatic carboxylic acids is 1. The Hall–Kier alpha value is -1.63. The number of nitrogens with two attached hydrogens (primary N) is 1. The minimum Gasteiger partial charge on any atom is -0.481 e. The van der Waals surface area contributed by atoms with Gasteiger partial charge in [-0.3, -0.25) is 14.4 Å². The number of carboxylic acid groups (broad SMARTS) is 1. The molecule has 0 aromatic heterocycles. The van der Waals surface area contributed by atoms with Crippen molar-refractivity contribution < 1.29 is 19.5 Å². The summed E-state index contributed by atoms with van der Waals surface area (Å²) < 4.78 is 0. The number of rotatable bonds is 6. The van der Waals surface area contributed by atoms with E-state index >= 15 is 0 Å². The number of carbonyl (C=O) groups is 3. The average Bonchev–Trinajstić information content (AvgIpc) is 2.31. The molecular weight excluding hydrogens is 298 g/mol. The molecule has 0 saturated heterocycles. The number of nitrogens with one attached hydrogen (secondary N) is 2. The summed E-state index contributed by atoms with van der Waals surface area (Å²) in [6, 6.07) is -2.08. The third kappa shape index (κ3) is 7.45. The van der Waals surface area contributed by atoms with Crippen LogP contribution >= 0.6 is 0 Å². The fourth-order valence-corrected chi connectivity index (χ4v) is 2.67. The Morgan fingerprint density at radius 2 is 1.39 bits per heavy atom. The summed E-state index contributed by atoms with van der Waals surface area (Å²) in [5.41, 5.74) is 5.17. The van der Waals surface area contributed by atoms with E-state index in [0.29, 0.717) is 0 Å². The molecule has 23 heavy (non-hydrogen) atoms. The van der Waals surface area contributed by atoms with Gasteiger partial charge in [0.1, 0.15) is 6.04 Å². The number of carboxylic acids is 1. The first-order valence-electron chi connectivity index (χ1n) is 7.74. The van der Waals surface area contributed by atoms with Crippen LogP contribution in [0.5, 0.6) is 0 Å². The summed E-state index contributed by atoms with van der Waals surface area (Å²) in [6.07, 6.45) is -0.479. The quantitative estimate of drug-likeness (QED) is 0.576. The Morgan fingerprint density at radius 3 is 1.74 bits per heavy atom. The van der Waals surface area contributed by atoms with E-state index in [4.69, 9.17) is 10.8 Å². The first-order valence-corrected chi connectivity index (χ1v) is 7.74. The molecule has 0 aliphatic rings. The number of carbonyl (C=O) groups excluding carboxylic acids is 2. The van der Waals surface area contributed by atoms with Crippen LogP contribution in [0.15, 0.2) is 0 Å². The highest BCUT2D eigenvalue weighted by Crippen LogP contribution is 2.33. The molecule has 7 nitrogen and oxygen atoms in total. The van der Waals surface area contributed by atoms with Crippen molar-refractivity contribution in [3.8, 4) is 0 Å². The van der Waals surface area contributed by atoms with Gasteiger partial charge in [0.2, 0.25) is 11.8 Å². The van der Waals surface area contributed by atoms with Crippen molar-refractivity contribution >= 4 is 17.8 Å². The highest BCUT2D eigenvalue weighted by atomic mass is 16.4. The van der Waals surface area contributed by atoms with Gasteiger partial charge in [0, 0.05) is 6.04 Å². The van der Waals surface area contributed by atoms with Crippen LogP contribution in [-0.4, -0.2) is 41.0 Å². The third-order valence-corrected chi connectivity index (χ3v) is 3.50. The second kappa shape index (κ2) is 7.77. The minimum atomic E-state index is -1.18. The second-order valence-corrected chi connectivity index (χ2v) is 8.11. The SMILES string of the molecule is C[C@@H](NC(=O)[C@@H](N)CC(=O)O)C(=O)NC(C(C)(C)C)C(C)(C)C. The Morgan fingerprint density at radius 1 is 0.957 bits per heavy atom. The molecule has 2 amide bonds. The van der Waals surface area contributed by atoms with Crippen LogP contribution in [0.2, 0.25) is 0 Å². The summed E-state index contributed by atoms with van der Waals surface area (Å²) >= 11 is 0. The summed E-state index contributed by atoms with van der Waals surface area (Å²) in [7, 11) is 0. The predicted octanol–water partition coefficient (Wildman–Crippen LogP) is 0.870. The molecule has 0 aliphatic heterocycles. The number of hydrogen-bond donors (Lipinski definition) is 4. The molecule has 0 aliphatic carbocycles. The van der Waals surface area contributed by atoms with E-state index in [1.165, 1.54) is 0 Å². The van der Waals surface area contributed by atoms with Crippen LogP contribution in [0.25, 0.3) is 0 Å². The maximum atomic E-state index is 12.3. The molecule has 0 radical (unpaired) electrons. The first kappa shape index (κ1) is 21.4. The lowest BCUT2D eigenvalue weighted by atomic mass is 9.72. The third-order valence-electron chi connectivity index (χ3n) is 3.50. The van der Waals surface area contributed by atoms with Crippen molar-refractivity contribution in [2.75, 3.05) is 0 Å². The zero-order valence-electron chi connectivity index (χ0n) is 15.2. The van der Waals surface area contributed by atoms with E-state index < -0.39 is 30.4 Å². The normalized spacial score (nSPS) is 15.0. The molecule has 134 valence electrons. The van der Waals surface area contributed by atoms with Crippen LogP contribution in [0.3, 0.4) is 0 Å². The van der Waals surface area contributed by atoms with Crippen molar-refractivity contribution in [1.29, 1.82) is 0 Å². The molecule has 0 rings (SSSR count). The number of hydrogen-bond acceptors (Lipinski definition) is 4. The fourth-order valence-electron chi connectivity index (χ4n) is 2.67. The summed E-state index contributed by atoms with van der Waals surface area (Å²) in [5, 5.41) is 14.1. The molecule has 7 heteroatoms. The summed E-state index contributed by atoms with van der Waals surface area (Å²) in [6.45, 7) is 13.8. The van der Waals surface area contributed by atoms with Gasteiger partial charge in [0.15, 0.2) is 0 Å². The zero-order valence-corrected chi connectivity index (χ0v) is 15.2. The van der Waals surface area contributed by atoms with Crippen molar-refractivity contribution in [3.63, 3.8) is 0 Å². The lowest BCUT2D eigenvalue weighted by Crippen LogP contribution is -2.57. The molecule has 0 bridgehead atoms. The molecule has 0 aromatic rings. The molecule has 5 N–H and O–H groups in total. The van der Waals surface area contributed by atoms with Gasteiger partial charge < -0.3 is 21.5 Å². The van der Waals surface area contributed by atoms with Crippen molar-refractivity contribution in [1.82, 2.24) is 10.6 Å². The number of amides is 2. The van der Waals surface area contributed by atoms with E-state index in [1.54, 1.807) is 6.92 Å². The molecule has 0 unspecified atom stereocenters. The molecule has 0 spiro atoms. The standard InChI is InChI=1S/C16H31N3O4/c1-9(18-13(23)10(17)8-11(20)21)12(22)19-14(15(2,3)4)16(5,6)7/h9-10,14H,8,17H2,1-7H3,(H,18,23)(H,19,22)(H,20,21)/t9-,10+/m1/s1. The molecule has 2 atom stereocenters. The van der Waals surface area contributed by atoms with Gasteiger partial charge in [-0.1, -0.05) is 41.5 Å². The van der Waals surface area contributed by atoms with Crippen molar-refractivity contribution in [3.05, 3.63) is 0 Å². The molecule has 0 fully saturated rings. The van der Waals surface area contributed by atoms with Crippen LogP contribution in [-0.2, 0) is 14.4 Å². The van der Waals surface area contributed by atoms with Gasteiger partial charge in [0.05, 0.1) is 12.5 Å².